The van der Waals surface area contributed by atoms with Crippen LogP contribution in [0.1, 0.15) is 63.4 Å². The molecule has 3 heteroatoms. The molecular formula is C24H35NO2. The summed E-state index contributed by atoms with van der Waals surface area (Å²) in [6.07, 6.45) is 11.8. The van der Waals surface area contributed by atoms with Crippen LogP contribution >= 0.6 is 0 Å². The molecule has 2 unspecified atom stereocenters. The Hall–Kier alpha value is -1.61. The fourth-order valence-corrected chi connectivity index (χ4v) is 4.94. The molecule has 2 aliphatic rings. The number of esters is 1. The van der Waals surface area contributed by atoms with Crippen LogP contribution in [0.5, 0.6) is 0 Å². The number of rotatable bonds is 7. The first-order valence-corrected chi connectivity index (χ1v) is 10.7. The highest BCUT2D eigenvalue weighted by molar-refractivity contribution is 5.83. The maximum atomic E-state index is 13.5. The molecule has 2 aliphatic carbocycles. The maximum Gasteiger partial charge on any atom is 0.316 e. The molecule has 0 bridgehead atoms. The van der Waals surface area contributed by atoms with E-state index >= 15 is 0 Å². The Morgan fingerprint density at radius 3 is 2.48 bits per heavy atom. The first-order chi connectivity index (χ1) is 13.2. The summed E-state index contributed by atoms with van der Waals surface area (Å²) in [5.74, 6) is 0.888. The van der Waals surface area contributed by atoms with Crippen LogP contribution in [0.15, 0.2) is 43.0 Å². The molecule has 1 N–H and O–H groups in total. The van der Waals surface area contributed by atoms with Crippen molar-refractivity contribution >= 4 is 5.97 Å². The van der Waals surface area contributed by atoms with Gasteiger partial charge >= 0.3 is 5.97 Å². The summed E-state index contributed by atoms with van der Waals surface area (Å²) in [7, 11) is 1.97. The molecule has 27 heavy (non-hydrogen) atoms. The number of nitrogens with one attached hydrogen (secondary N) is 1. The summed E-state index contributed by atoms with van der Waals surface area (Å²) in [6, 6.07) is 10.4. The lowest BCUT2D eigenvalue weighted by Gasteiger charge is -2.45. The molecule has 0 amide bonds. The Labute approximate surface area is 164 Å². The number of hydrogen-bond acceptors (Lipinski definition) is 3. The predicted molar refractivity (Wildman–Crippen MR) is 111 cm³/mol. The van der Waals surface area contributed by atoms with E-state index in [0.29, 0.717) is 11.8 Å². The summed E-state index contributed by atoms with van der Waals surface area (Å²) >= 11 is 0. The molecule has 0 aliphatic heterocycles. The number of allylic oxidation sites excluding steroid dienone is 1. The van der Waals surface area contributed by atoms with Crippen LogP contribution in [0.25, 0.3) is 0 Å². The third-order valence-electron chi connectivity index (χ3n) is 6.75. The van der Waals surface area contributed by atoms with Crippen LogP contribution in [-0.2, 0) is 14.9 Å². The molecular weight excluding hydrogens is 334 g/mol. The van der Waals surface area contributed by atoms with Gasteiger partial charge in [0.15, 0.2) is 0 Å². The van der Waals surface area contributed by atoms with Gasteiger partial charge < -0.3 is 10.1 Å². The number of carbonyl (C=O) groups excluding carboxylic acids is 1. The summed E-state index contributed by atoms with van der Waals surface area (Å²) in [6.45, 7) is 4.92. The molecule has 0 aromatic heterocycles. The lowest BCUT2D eigenvalue weighted by molar-refractivity contribution is -0.170. The summed E-state index contributed by atoms with van der Waals surface area (Å²) in [4.78, 5) is 13.5. The zero-order chi connectivity index (χ0) is 19.1. The molecule has 2 saturated carbocycles. The van der Waals surface area contributed by atoms with Gasteiger partial charge in [0.1, 0.15) is 6.10 Å². The van der Waals surface area contributed by atoms with Crippen LogP contribution < -0.4 is 5.32 Å². The summed E-state index contributed by atoms with van der Waals surface area (Å²) in [5, 5.41) is 3.22. The maximum absolute atomic E-state index is 13.5. The van der Waals surface area contributed by atoms with E-state index < -0.39 is 5.41 Å². The van der Waals surface area contributed by atoms with Crippen molar-refractivity contribution in [2.75, 3.05) is 13.6 Å². The van der Waals surface area contributed by atoms with Gasteiger partial charge in [-0.25, -0.2) is 0 Å². The van der Waals surface area contributed by atoms with Crippen molar-refractivity contribution in [2.24, 2.45) is 11.8 Å². The monoisotopic (exact) mass is 369 g/mol. The Bertz CT molecular complexity index is 604. The Balaban J connectivity index is 1.78. The zero-order valence-electron chi connectivity index (χ0n) is 16.8. The van der Waals surface area contributed by atoms with Crippen LogP contribution in [0.3, 0.4) is 0 Å². The second-order valence-electron chi connectivity index (χ2n) is 8.35. The smallest absolute Gasteiger partial charge is 0.316 e. The second-order valence-corrected chi connectivity index (χ2v) is 8.35. The molecule has 3 nitrogen and oxygen atoms in total. The van der Waals surface area contributed by atoms with Crippen molar-refractivity contribution in [3.8, 4) is 0 Å². The summed E-state index contributed by atoms with van der Waals surface area (Å²) < 4.78 is 6.21. The first-order valence-electron chi connectivity index (χ1n) is 10.7. The molecule has 3 rings (SSSR count). The lowest BCUT2D eigenvalue weighted by atomic mass is 9.68. The molecule has 0 saturated heterocycles. The van der Waals surface area contributed by atoms with Crippen LogP contribution in [0.2, 0.25) is 0 Å². The minimum absolute atomic E-state index is 0.0116. The normalized spacial score (nSPS) is 27.7. The SMILES string of the molecule is C=CC1C[C@H](OC(=O)C2(c3ccccc3)CCCCCCC2)C1CCNC. The van der Waals surface area contributed by atoms with E-state index in [0.717, 1.165) is 50.6 Å². The van der Waals surface area contributed by atoms with E-state index in [1.54, 1.807) is 0 Å². The Morgan fingerprint density at radius 1 is 1.19 bits per heavy atom. The quantitative estimate of drug-likeness (QED) is 0.542. The van der Waals surface area contributed by atoms with Gasteiger partial charge in [0, 0.05) is 5.92 Å². The zero-order valence-corrected chi connectivity index (χ0v) is 16.8. The van der Waals surface area contributed by atoms with Crippen LogP contribution in [0, 0.1) is 11.8 Å². The highest BCUT2D eigenvalue weighted by Crippen LogP contribution is 2.44. The van der Waals surface area contributed by atoms with E-state index in [1.807, 2.05) is 19.2 Å². The van der Waals surface area contributed by atoms with Crippen LogP contribution in [0.4, 0.5) is 0 Å². The van der Waals surface area contributed by atoms with Crippen molar-refractivity contribution < 1.29 is 9.53 Å². The molecule has 2 fully saturated rings. The number of carbonyl (C=O) groups is 1. The van der Waals surface area contributed by atoms with E-state index in [2.05, 4.69) is 36.2 Å². The fourth-order valence-electron chi connectivity index (χ4n) is 4.94. The van der Waals surface area contributed by atoms with Gasteiger partial charge in [-0.15, -0.1) is 6.58 Å². The lowest BCUT2D eigenvalue weighted by Crippen LogP contribution is -2.48. The van der Waals surface area contributed by atoms with Gasteiger partial charge in [0.05, 0.1) is 5.41 Å². The average Bonchev–Trinajstić information content (AvgIpc) is 2.66. The van der Waals surface area contributed by atoms with E-state index in [9.17, 15) is 4.79 Å². The molecule has 1 aromatic rings. The van der Waals surface area contributed by atoms with Crippen molar-refractivity contribution in [3.05, 3.63) is 48.6 Å². The van der Waals surface area contributed by atoms with Crippen LogP contribution in [-0.4, -0.2) is 25.7 Å². The van der Waals surface area contributed by atoms with Gasteiger partial charge in [-0.3, -0.25) is 4.79 Å². The molecule has 0 radical (unpaired) electrons. The highest BCUT2D eigenvalue weighted by atomic mass is 16.5. The predicted octanol–water partition coefficient (Wildman–Crippen LogP) is 5.01. The molecule has 3 atom stereocenters. The van der Waals surface area contributed by atoms with E-state index in [-0.39, 0.29) is 12.1 Å². The number of benzene rings is 1. The Kier molecular flexibility index (Phi) is 7.12. The third kappa shape index (κ3) is 4.45. The molecule has 0 heterocycles. The summed E-state index contributed by atoms with van der Waals surface area (Å²) in [5.41, 5.74) is 0.678. The van der Waals surface area contributed by atoms with Gasteiger partial charge in [-0.1, -0.05) is 68.5 Å². The minimum Gasteiger partial charge on any atom is -0.461 e. The Morgan fingerprint density at radius 2 is 1.85 bits per heavy atom. The fraction of sp³-hybridized carbons (Fsp3) is 0.625. The van der Waals surface area contributed by atoms with Crippen molar-refractivity contribution in [2.45, 2.75) is 69.3 Å². The standard InChI is InChI=1S/C24H35NO2/c1-3-19-18-22(21(19)14-17-25-2)27-23(26)24(20-12-8-7-9-13-20)15-10-5-4-6-11-16-24/h3,7-9,12-13,19,21-22,25H,1,4-6,10-11,14-18H2,2H3/t19?,21?,22-/m0/s1. The van der Waals surface area contributed by atoms with E-state index in [1.165, 1.54) is 19.3 Å². The number of hydrogen-bond donors (Lipinski definition) is 1. The van der Waals surface area contributed by atoms with Crippen molar-refractivity contribution in [3.63, 3.8) is 0 Å². The van der Waals surface area contributed by atoms with E-state index in [4.69, 9.17) is 4.74 Å². The number of ether oxygens (including phenoxy) is 1. The third-order valence-corrected chi connectivity index (χ3v) is 6.75. The largest absolute Gasteiger partial charge is 0.461 e. The van der Waals surface area contributed by atoms with Gasteiger partial charge in [0.25, 0.3) is 0 Å². The highest BCUT2D eigenvalue weighted by Gasteiger charge is 2.47. The van der Waals surface area contributed by atoms with Gasteiger partial charge in [0.2, 0.25) is 0 Å². The molecule has 0 spiro atoms. The minimum atomic E-state index is -0.464. The first kappa shape index (κ1) is 20.1. The average molecular weight is 370 g/mol. The second kappa shape index (κ2) is 9.54. The van der Waals surface area contributed by atoms with Crippen molar-refractivity contribution in [1.29, 1.82) is 0 Å². The van der Waals surface area contributed by atoms with Gasteiger partial charge in [-0.2, -0.15) is 0 Å². The van der Waals surface area contributed by atoms with Gasteiger partial charge in [-0.05, 0) is 50.8 Å². The van der Waals surface area contributed by atoms with Crippen molar-refractivity contribution in [1.82, 2.24) is 5.32 Å². The topological polar surface area (TPSA) is 38.3 Å². The molecule has 148 valence electrons. The molecule has 1 aromatic carbocycles.